The van der Waals surface area contributed by atoms with Crippen molar-refractivity contribution < 1.29 is 8.78 Å². The Kier molecular flexibility index (Phi) is 5.86. The quantitative estimate of drug-likeness (QED) is 0.522. The second kappa shape index (κ2) is 8.14. The number of benzene rings is 2. The van der Waals surface area contributed by atoms with Crippen LogP contribution < -0.4 is 10.6 Å². The van der Waals surface area contributed by atoms with Crippen molar-refractivity contribution in [3.63, 3.8) is 0 Å². The van der Waals surface area contributed by atoms with Crippen LogP contribution in [0, 0.1) is 25.5 Å². The van der Waals surface area contributed by atoms with Gasteiger partial charge in [0.15, 0.2) is 5.11 Å². The Hall–Kier alpha value is -2.32. The Bertz CT molecular complexity index is 1000. The molecule has 0 aliphatic heterocycles. The van der Waals surface area contributed by atoms with Crippen LogP contribution in [-0.2, 0) is 6.54 Å². The van der Waals surface area contributed by atoms with Gasteiger partial charge in [-0.05, 0) is 71.8 Å². The van der Waals surface area contributed by atoms with Gasteiger partial charge >= 0.3 is 0 Å². The third kappa shape index (κ3) is 4.70. The van der Waals surface area contributed by atoms with Gasteiger partial charge in [-0.25, -0.2) is 8.78 Å². The zero-order chi connectivity index (χ0) is 19.6. The highest BCUT2D eigenvalue weighted by Gasteiger charge is 2.10. The molecule has 0 amide bonds. The summed E-state index contributed by atoms with van der Waals surface area (Å²) in [5, 5.41) is 10.5. The average Bonchev–Trinajstić information content (AvgIpc) is 2.85. The molecule has 0 radical (unpaired) electrons. The van der Waals surface area contributed by atoms with E-state index in [9.17, 15) is 8.78 Å². The van der Waals surface area contributed by atoms with Gasteiger partial charge in [-0.15, -0.1) is 0 Å². The van der Waals surface area contributed by atoms with Crippen LogP contribution in [0.2, 0.25) is 0 Å². The summed E-state index contributed by atoms with van der Waals surface area (Å²) in [6, 6.07) is 11.0. The highest BCUT2D eigenvalue weighted by Crippen LogP contribution is 2.21. The maximum atomic E-state index is 13.7. The number of thiocarbonyl (C=S) groups is 1. The number of aryl methyl sites for hydroxylation is 1. The average molecular weight is 451 g/mol. The van der Waals surface area contributed by atoms with Gasteiger partial charge in [0.1, 0.15) is 11.6 Å². The maximum Gasteiger partial charge on any atom is 0.175 e. The topological polar surface area (TPSA) is 41.9 Å². The first-order chi connectivity index (χ1) is 12.8. The standard InChI is InChI=1S/C19H17BrF2N4S/c1-11-18(20)12(2)26(25-11)10-13-4-3-5-15(8-13)23-19(27)24-17-7-6-14(21)9-16(17)22/h3-9H,10H2,1-2H3,(H2,23,24,27). The van der Waals surface area contributed by atoms with Gasteiger partial charge < -0.3 is 10.6 Å². The first-order valence-electron chi connectivity index (χ1n) is 8.15. The molecule has 3 rings (SSSR count). The molecule has 0 saturated carbocycles. The molecule has 0 unspecified atom stereocenters. The summed E-state index contributed by atoms with van der Waals surface area (Å²) in [4.78, 5) is 0. The number of nitrogens with zero attached hydrogens (tertiary/aromatic N) is 2. The Morgan fingerprint density at radius 3 is 2.59 bits per heavy atom. The summed E-state index contributed by atoms with van der Waals surface area (Å²) in [5.74, 6) is -1.34. The van der Waals surface area contributed by atoms with E-state index in [2.05, 4.69) is 31.7 Å². The Morgan fingerprint density at radius 2 is 1.93 bits per heavy atom. The molecule has 140 valence electrons. The van der Waals surface area contributed by atoms with Crippen molar-refractivity contribution in [2.75, 3.05) is 10.6 Å². The zero-order valence-corrected chi connectivity index (χ0v) is 17.1. The fourth-order valence-electron chi connectivity index (χ4n) is 2.62. The molecule has 27 heavy (non-hydrogen) atoms. The second-order valence-electron chi connectivity index (χ2n) is 6.05. The lowest BCUT2D eigenvalue weighted by atomic mass is 10.2. The molecule has 1 heterocycles. The molecule has 0 aliphatic rings. The Morgan fingerprint density at radius 1 is 1.15 bits per heavy atom. The van der Waals surface area contributed by atoms with Gasteiger partial charge in [0.25, 0.3) is 0 Å². The molecule has 0 aliphatic carbocycles. The van der Waals surface area contributed by atoms with Gasteiger partial charge in [0.05, 0.1) is 28.1 Å². The van der Waals surface area contributed by atoms with Crippen molar-refractivity contribution in [3.05, 3.63) is 75.5 Å². The number of halogens is 3. The monoisotopic (exact) mass is 450 g/mol. The van der Waals surface area contributed by atoms with Crippen molar-refractivity contribution in [1.29, 1.82) is 0 Å². The molecule has 1 aromatic heterocycles. The first kappa shape index (κ1) is 19.4. The van der Waals surface area contributed by atoms with Gasteiger partial charge in [-0.2, -0.15) is 5.10 Å². The summed E-state index contributed by atoms with van der Waals surface area (Å²) in [5.41, 5.74) is 3.89. The van der Waals surface area contributed by atoms with Crippen molar-refractivity contribution in [2.45, 2.75) is 20.4 Å². The zero-order valence-electron chi connectivity index (χ0n) is 14.7. The minimum absolute atomic E-state index is 0.109. The molecular formula is C19H17BrF2N4S. The number of rotatable bonds is 4. The van der Waals surface area contributed by atoms with E-state index in [0.717, 1.165) is 33.2 Å². The van der Waals surface area contributed by atoms with Gasteiger partial charge in [-0.3, -0.25) is 4.68 Å². The van der Waals surface area contributed by atoms with Crippen molar-refractivity contribution in [1.82, 2.24) is 9.78 Å². The molecular weight excluding hydrogens is 434 g/mol. The van der Waals surface area contributed by atoms with Crippen LogP contribution in [0.1, 0.15) is 17.0 Å². The fraction of sp³-hybridized carbons (Fsp3) is 0.158. The van der Waals surface area contributed by atoms with Crippen LogP contribution in [-0.4, -0.2) is 14.9 Å². The summed E-state index contributed by atoms with van der Waals surface area (Å²) >= 11 is 8.75. The highest BCUT2D eigenvalue weighted by atomic mass is 79.9. The van der Waals surface area contributed by atoms with Crippen molar-refractivity contribution in [2.24, 2.45) is 0 Å². The summed E-state index contributed by atoms with van der Waals surface area (Å²) in [6.45, 7) is 4.56. The van der Waals surface area contributed by atoms with Gasteiger partial charge in [0.2, 0.25) is 0 Å². The van der Waals surface area contributed by atoms with E-state index in [1.807, 2.05) is 42.8 Å². The predicted octanol–water partition coefficient (Wildman–Crippen LogP) is 5.40. The van der Waals surface area contributed by atoms with E-state index >= 15 is 0 Å². The highest BCUT2D eigenvalue weighted by molar-refractivity contribution is 9.10. The minimum Gasteiger partial charge on any atom is -0.332 e. The van der Waals surface area contributed by atoms with Crippen LogP contribution in [0.15, 0.2) is 46.9 Å². The maximum absolute atomic E-state index is 13.7. The molecule has 0 bridgehead atoms. The van der Waals surface area contributed by atoms with Gasteiger partial charge in [-0.1, -0.05) is 12.1 Å². The summed E-state index contributed by atoms with van der Waals surface area (Å²) in [7, 11) is 0. The van der Waals surface area contributed by atoms with E-state index in [-0.39, 0.29) is 10.8 Å². The lowest BCUT2D eigenvalue weighted by molar-refractivity contribution is 0.586. The number of nitrogens with one attached hydrogen (secondary N) is 2. The van der Waals surface area contributed by atoms with Crippen molar-refractivity contribution >= 4 is 44.6 Å². The minimum atomic E-state index is -0.706. The predicted molar refractivity (Wildman–Crippen MR) is 111 cm³/mol. The Labute approximate surface area is 169 Å². The lowest BCUT2D eigenvalue weighted by Crippen LogP contribution is -2.20. The fourth-order valence-corrected chi connectivity index (χ4v) is 3.14. The van der Waals surface area contributed by atoms with E-state index in [1.165, 1.54) is 12.1 Å². The van der Waals surface area contributed by atoms with Crippen LogP contribution in [0.3, 0.4) is 0 Å². The number of anilines is 2. The summed E-state index contributed by atoms with van der Waals surface area (Å²) in [6.07, 6.45) is 0. The van der Waals surface area contributed by atoms with Gasteiger partial charge in [0, 0.05) is 11.8 Å². The Balaban J connectivity index is 1.69. The molecule has 0 atom stereocenters. The lowest BCUT2D eigenvalue weighted by Gasteiger charge is -2.12. The second-order valence-corrected chi connectivity index (χ2v) is 7.25. The molecule has 0 saturated heterocycles. The number of hydrogen-bond acceptors (Lipinski definition) is 2. The van der Waals surface area contributed by atoms with Crippen LogP contribution in [0.25, 0.3) is 0 Å². The molecule has 2 aromatic carbocycles. The SMILES string of the molecule is Cc1nn(Cc2cccc(NC(=S)Nc3ccc(F)cc3F)c2)c(C)c1Br. The van der Waals surface area contributed by atoms with Crippen LogP contribution in [0.5, 0.6) is 0 Å². The van der Waals surface area contributed by atoms with E-state index in [1.54, 1.807) is 0 Å². The smallest absolute Gasteiger partial charge is 0.175 e. The molecule has 2 N–H and O–H groups in total. The summed E-state index contributed by atoms with van der Waals surface area (Å²) < 4.78 is 29.6. The van der Waals surface area contributed by atoms with E-state index < -0.39 is 11.6 Å². The number of hydrogen-bond donors (Lipinski definition) is 2. The first-order valence-corrected chi connectivity index (χ1v) is 9.35. The van der Waals surface area contributed by atoms with E-state index in [4.69, 9.17) is 12.2 Å². The molecule has 0 fully saturated rings. The molecule has 3 aromatic rings. The van der Waals surface area contributed by atoms with Crippen LogP contribution >= 0.6 is 28.1 Å². The van der Waals surface area contributed by atoms with Crippen LogP contribution in [0.4, 0.5) is 20.2 Å². The number of aromatic nitrogens is 2. The third-order valence-electron chi connectivity index (χ3n) is 3.99. The third-order valence-corrected chi connectivity index (χ3v) is 5.34. The molecule has 4 nitrogen and oxygen atoms in total. The normalized spacial score (nSPS) is 10.7. The largest absolute Gasteiger partial charge is 0.332 e. The molecule has 0 spiro atoms. The van der Waals surface area contributed by atoms with E-state index in [0.29, 0.717) is 6.54 Å². The van der Waals surface area contributed by atoms with Crippen molar-refractivity contribution in [3.8, 4) is 0 Å². The molecule has 8 heteroatoms.